The van der Waals surface area contributed by atoms with Crippen LogP contribution in [0.15, 0.2) is 16.3 Å². The Bertz CT molecular complexity index is 492. The van der Waals surface area contributed by atoms with Crippen molar-refractivity contribution >= 4 is 21.4 Å². The third-order valence-electron chi connectivity index (χ3n) is 3.27. The first-order chi connectivity index (χ1) is 8.55. The Balaban J connectivity index is 2.04. The maximum absolute atomic E-state index is 12.2. The number of nitrogens with one attached hydrogen (secondary N) is 1. The molecule has 1 aromatic heterocycles. The summed E-state index contributed by atoms with van der Waals surface area (Å²) in [6, 6.07) is 1.72. The number of sulfonamides is 1. The molecule has 0 amide bonds. The second kappa shape index (κ2) is 5.69. The summed E-state index contributed by atoms with van der Waals surface area (Å²) in [6.07, 6.45) is 4.29. The predicted octanol–water partition coefficient (Wildman–Crippen LogP) is 2.06. The van der Waals surface area contributed by atoms with E-state index in [2.05, 4.69) is 4.72 Å². The maximum atomic E-state index is 12.2. The molecule has 1 aliphatic rings. The van der Waals surface area contributed by atoms with Gasteiger partial charge in [-0.15, -0.1) is 11.3 Å². The van der Waals surface area contributed by atoms with E-state index in [4.69, 9.17) is 5.73 Å². The molecule has 2 rings (SSSR count). The van der Waals surface area contributed by atoms with Crippen LogP contribution < -0.4 is 10.5 Å². The second-order valence-corrected chi connectivity index (χ2v) is 7.57. The van der Waals surface area contributed by atoms with Gasteiger partial charge in [0.15, 0.2) is 0 Å². The summed E-state index contributed by atoms with van der Waals surface area (Å²) < 4.78 is 27.2. The standard InChI is InChI=1S/C12H20N2O2S2/c1-2-10(5-9-3-4-9)14-18(15,16)12-6-11(7-13)17-8-12/h6,8-10,14H,2-5,7,13H2,1H3. The molecule has 6 heteroatoms. The fourth-order valence-electron chi connectivity index (χ4n) is 1.95. The van der Waals surface area contributed by atoms with Crippen molar-refractivity contribution in [2.24, 2.45) is 11.7 Å². The van der Waals surface area contributed by atoms with Crippen LogP contribution in [-0.2, 0) is 16.6 Å². The fourth-order valence-corrected chi connectivity index (χ4v) is 4.44. The van der Waals surface area contributed by atoms with E-state index in [1.807, 2.05) is 6.92 Å². The van der Waals surface area contributed by atoms with Crippen LogP contribution in [0.3, 0.4) is 0 Å². The normalized spacial score (nSPS) is 17.9. The van der Waals surface area contributed by atoms with E-state index in [1.54, 1.807) is 11.4 Å². The second-order valence-electron chi connectivity index (χ2n) is 4.86. The zero-order chi connectivity index (χ0) is 13.2. The highest BCUT2D eigenvalue weighted by molar-refractivity contribution is 7.89. The summed E-state index contributed by atoms with van der Waals surface area (Å²) in [6.45, 7) is 2.41. The summed E-state index contributed by atoms with van der Waals surface area (Å²) in [7, 11) is -3.37. The van der Waals surface area contributed by atoms with E-state index in [0.29, 0.717) is 11.4 Å². The van der Waals surface area contributed by atoms with Gasteiger partial charge in [-0.25, -0.2) is 13.1 Å². The Labute approximate surface area is 113 Å². The van der Waals surface area contributed by atoms with Gasteiger partial charge < -0.3 is 5.73 Å². The van der Waals surface area contributed by atoms with Crippen LogP contribution >= 0.6 is 11.3 Å². The molecule has 4 nitrogen and oxygen atoms in total. The molecule has 1 unspecified atom stereocenters. The monoisotopic (exact) mass is 288 g/mol. The van der Waals surface area contributed by atoms with Crippen molar-refractivity contribution in [2.45, 2.75) is 50.1 Å². The average molecular weight is 288 g/mol. The van der Waals surface area contributed by atoms with E-state index in [9.17, 15) is 8.42 Å². The highest BCUT2D eigenvalue weighted by Crippen LogP contribution is 2.34. The Kier molecular flexibility index (Phi) is 4.42. The molecular formula is C12H20N2O2S2. The fraction of sp³-hybridized carbons (Fsp3) is 0.667. The maximum Gasteiger partial charge on any atom is 0.241 e. The molecule has 3 N–H and O–H groups in total. The molecule has 0 aliphatic heterocycles. The molecule has 1 aliphatic carbocycles. The SMILES string of the molecule is CCC(CC1CC1)NS(=O)(=O)c1csc(CN)c1. The first-order valence-corrected chi connectivity index (χ1v) is 8.71. The van der Waals surface area contributed by atoms with Crippen molar-refractivity contribution < 1.29 is 8.42 Å². The smallest absolute Gasteiger partial charge is 0.241 e. The van der Waals surface area contributed by atoms with Crippen molar-refractivity contribution in [3.63, 3.8) is 0 Å². The molecule has 102 valence electrons. The lowest BCUT2D eigenvalue weighted by atomic mass is 10.1. The van der Waals surface area contributed by atoms with Crippen LogP contribution in [0.4, 0.5) is 0 Å². The topological polar surface area (TPSA) is 72.2 Å². The molecule has 0 aromatic carbocycles. The molecule has 18 heavy (non-hydrogen) atoms. The minimum Gasteiger partial charge on any atom is -0.326 e. The van der Waals surface area contributed by atoms with Gasteiger partial charge >= 0.3 is 0 Å². The quantitative estimate of drug-likeness (QED) is 0.806. The van der Waals surface area contributed by atoms with Gasteiger partial charge in [0.05, 0.1) is 4.90 Å². The molecule has 0 spiro atoms. The van der Waals surface area contributed by atoms with Gasteiger partial charge in [-0.3, -0.25) is 0 Å². The third-order valence-corrected chi connectivity index (χ3v) is 5.88. The average Bonchev–Trinajstić information content (AvgIpc) is 3.01. The number of thiophene rings is 1. The minimum absolute atomic E-state index is 0.0590. The lowest BCUT2D eigenvalue weighted by molar-refractivity contribution is 0.495. The van der Waals surface area contributed by atoms with Crippen LogP contribution in [0.1, 0.15) is 37.5 Å². The summed E-state index contributed by atoms with van der Waals surface area (Å²) in [5, 5.41) is 1.66. The first-order valence-electron chi connectivity index (χ1n) is 6.35. The summed E-state index contributed by atoms with van der Waals surface area (Å²) in [4.78, 5) is 1.24. The highest BCUT2D eigenvalue weighted by Gasteiger charge is 2.27. The third kappa shape index (κ3) is 3.54. The molecular weight excluding hydrogens is 268 g/mol. The van der Waals surface area contributed by atoms with Crippen molar-refractivity contribution in [3.8, 4) is 0 Å². The van der Waals surface area contributed by atoms with Gasteiger partial charge in [0.1, 0.15) is 0 Å². The predicted molar refractivity (Wildman–Crippen MR) is 74.0 cm³/mol. The Morgan fingerprint density at radius 1 is 1.56 bits per heavy atom. The minimum atomic E-state index is -3.37. The number of rotatable bonds is 7. The van der Waals surface area contributed by atoms with Crippen molar-refractivity contribution in [3.05, 3.63) is 16.3 Å². The van der Waals surface area contributed by atoms with Gasteiger partial charge in [0.25, 0.3) is 0 Å². The van der Waals surface area contributed by atoms with E-state index in [0.717, 1.165) is 23.6 Å². The lowest BCUT2D eigenvalue weighted by Crippen LogP contribution is -2.34. The van der Waals surface area contributed by atoms with Crippen molar-refractivity contribution in [2.75, 3.05) is 0 Å². The Morgan fingerprint density at radius 3 is 2.78 bits per heavy atom. The van der Waals surface area contributed by atoms with E-state index in [1.165, 1.54) is 24.2 Å². The largest absolute Gasteiger partial charge is 0.326 e. The summed E-state index contributed by atoms with van der Waals surface area (Å²) in [5.74, 6) is 0.722. The number of hydrogen-bond donors (Lipinski definition) is 2. The van der Waals surface area contributed by atoms with Crippen LogP contribution in [0.2, 0.25) is 0 Å². The zero-order valence-electron chi connectivity index (χ0n) is 10.6. The molecule has 0 radical (unpaired) electrons. The van der Waals surface area contributed by atoms with Gasteiger partial charge in [-0.05, 0) is 24.8 Å². The molecule has 1 saturated carbocycles. The Morgan fingerprint density at radius 2 is 2.28 bits per heavy atom. The van der Waals surface area contributed by atoms with Crippen molar-refractivity contribution in [1.29, 1.82) is 0 Å². The van der Waals surface area contributed by atoms with Crippen LogP contribution in [0.25, 0.3) is 0 Å². The molecule has 1 fully saturated rings. The molecule has 1 aromatic rings. The van der Waals surface area contributed by atoms with Gasteiger partial charge in [-0.2, -0.15) is 0 Å². The molecule has 0 saturated heterocycles. The molecule has 1 atom stereocenters. The van der Waals surface area contributed by atoms with E-state index >= 15 is 0 Å². The van der Waals surface area contributed by atoms with Gasteiger partial charge in [-0.1, -0.05) is 19.8 Å². The van der Waals surface area contributed by atoms with E-state index in [-0.39, 0.29) is 6.04 Å². The van der Waals surface area contributed by atoms with Crippen LogP contribution in [-0.4, -0.2) is 14.5 Å². The van der Waals surface area contributed by atoms with Crippen LogP contribution in [0, 0.1) is 5.92 Å². The summed E-state index contributed by atoms with van der Waals surface area (Å²) >= 11 is 1.39. The first kappa shape index (κ1) is 14.0. The molecule has 0 bridgehead atoms. The highest BCUT2D eigenvalue weighted by atomic mass is 32.2. The number of nitrogens with two attached hydrogens (primary N) is 1. The van der Waals surface area contributed by atoms with Gasteiger partial charge in [0, 0.05) is 22.8 Å². The van der Waals surface area contributed by atoms with Gasteiger partial charge in [0.2, 0.25) is 10.0 Å². The summed E-state index contributed by atoms with van der Waals surface area (Å²) in [5.41, 5.74) is 5.50. The lowest BCUT2D eigenvalue weighted by Gasteiger charge is -2.16. The number of hydrogen-bond acceptors (Lipinski definition) is 4. The zero-order valence-corrected chi connectivity index (χ0v) is 12.2. The van der Waals surface area contributed by atoms with Crippen molar-refractivity contribution in [1.82, 2.24) is 4.72 Å². The molecule has 1 heterocycles. The Hall–Kier alpha value is -0.430. The van der Waals surface area contributed by atoms with Crippen LogP contribution in [0.5, 0.6) is 0 Å². The van der Waals surface area contributed by atoms with E-state index < -0.39 is 10.0 Å².